The van der Waals surface area contributed by atoms with Gasteiger partial charge in [-0.2, -0.15) is 13.2 Å². The van der Waals surface area contributed by atoms with Gasteiger partial charge in [0.15, 0.2) is 0 Å². The molecule has 1 saturated carbocycles. The normalized spacial score (nSPS) is 20.6. The van der Waals surface area contributed by atoms with Gasteiger partial charge in [-0.1, -0.05) is 6.42 Å². The molecule has 1 N–H and O–H groups in total. The highest BCUT2D eigenvalue weighted by Crippen LogP contribution is 2.29. The van der Waals surface area contributed by atoms with Crippen molar-refractivity contribution in [1.82, 2.24) is 5.32 Å². The molecule has 0 saturated heterocycles. The predicted octanol–water partition coefficient (Wildman–Crippen LogP) is 3.11. The van der Waals surface area contributed by atoms with E-state index < -0.39 is 12.6 Å². The maximum Gasteiger partial charge on any atom is 0.389 e. The second kappa shape index (κ2) is 5.01. The molecule has 4 heteroatoms. The van der Waals surface area contributed by atoms with Crippen molar-refractivity contribution in [3.05, 3.63) is 0 Å². The number of halogens is 3. The lowest BCUT2D eigenvalue weighted by Crippen LogP contribution is -2.37. The summed E-state index contributed by atoms with van der Waals surface area (Å²) in [5, 5.41) is 3.16. The van der Waals surface area contributed by atoms with Crippen molar-refractivity contribution in [2.24, 2.45) is 5.92 Å². The third-order valence-corrected chi connectivity index (χ3v) is 2.96. The van der Waals surface area contributed by atoms with Gasteiger partial charge in [0.1, 0.15) is 0 Å². The summed E-state index contributed by atoms with van der Waals surface area (Å²) >= 11 is 0. The summed E-state index contributed by atoms with van der Waals surface area (Å²) in [6, 6.07) is 0.386. The Balaban J connectivity index is 1.97. The number of nitrogens with one attached hydrogen (secondary N) is 1. The van der Waals surface area contributed by atoms with Crippen LogP contribution in [0.2, 0.25) is 0 Å². The fourth-order valence-electron chi connectivity index (χ4n) is 1.73. The van der Waals surface area contributed by atoms with Crippen molar-refractivity contribution in [1.29, 1.82) is 0 Å². The molecule has 1 atom stereocenters. The SMILES string of the molecule is CC(NCCCC(F)(F)F)C1CCC1. The van der Waals surface area contributed by atoms with Gasteiger partial charge in [-0.05, 0) is 38.6 Å². The first kappa shape index (κ1) is 11.8. The summed E-state index contributed by atoms with van der Waals surface area (Å²) in [5.74, 6) is 0.695. The second-order valence-corrected chi connectivity index (χ2v) is 4.15. The molecule has 0 spiro atoms. The minimum Gasteiger partial charge on any atom is -0.314 e. The van der Waals surface area contributed by atoms with Gasteiger partial charge >= 0.3 is 6.18 Å². The van der Waals surface area contributed by atoms with Gasteiger partial charge in [0.05, 0.1) is 0 Å². The Hall–Kier alpha value is -0.250. The Labute approximate surface area is 83.1 Å². The van der Waals surface area contributed by atoms with E-state index in [1.165, 1.54) is 19.3 Å². The molecule has 1 fully saturated rings. The first-order chi connectivity index (χ1) is 6.49. The van der Waals surface area contributed by atoms with Gasteiger partial charge in [0.2, 0.25) is 0 Å². The highest BCUT2D eigenvalue weighted by molar-refractivity contribution is 4.79. The van der Waals surface area contributed by atoms with Crippen LogP contribution in [0.3, 0.4) is 0 Å². The second-order valence-electron chi connectivity index (χ2n) is 4.15. The standard InChI is InChI=1S/C10H18F3N/c1-8(9-4-2-5-9)14-7-3-6-10(11,12)13/h8-9,14H,2-7H2,1H3. The molecule has 1 nitrogen and oxygen atoms in total. The predicted molar refractivity (Wildman–Crippen MR) is 50.1 cm³/mol. The summed E-state index contributed by atoms with van der Waals surface area (Å²) in [7, 11) is 0. The van der Waals surface area contributed by atoms with Crippen LogP contribution in [-0.2, 0) is 0 Å². The Morgan fingerprint density at radius 3 is 2.43 bits per heavy atom. The van der Waals surface area contributed by atoms with E-state index in [1.807, 2.05) is 0 Å². The maximum atomic E-state index is 11.8. The van der Waals surface area contributed by atoms with Crippen molar-refractivity contribution < 1.29 is 13.2 Å². The summed E-state index contributed by atoms with van der Waals surface area (Å²) < 4.78 is 35.4. The number of hydrogen-bond donors (Lipinski definition) is 1. The van der Waals surface area contributed by atoms with Gasteiger partial charge in [0.25, 0.3) is 0 Å². The zero-order valence-electron chi connectivity index (χ0n) is 8.53. The van der Waals surface area contributed by atoms with Crippen LogP contribution in [0.5, 0.6) is 0 Å². The molecule has 14 heavy (non-hydrogen) atoms. The van der Waals surface area contributed by atoms with E-state index in [0.717, 1.165) is 0 Å². The molecule has 0 radical (unpaired) electrons. The van der Waals surface area contributed by atoms with E-state index in [9.17, 15) is 13.2 Å². The molecular weight excluding hydrogens is 191 g/mol. The van der Waals surface area contributed by atoms with Gasteiger partial charge in [-0.25, -0.2) is 0 Å². The number of alkyl halides is 3. The van der Waals surface area contributed by atoms with Gasteiger partial charge < -0.3 is 5.32 Å². The molecule has 1 rings (SSSR count). The van der Waals surface area contributed by atoms with E-state index in [0.29, 0.717) is 18.5 Å². The first-order valence-electron chi connectivity index (χ1n) is 5.29. The minimum atomic E-state index is -4.00. The molecule has 0 heterocycles. The summed E-state index contributed by atoms with van der Waals surface area (Å²) in [4.78, 5) is 0. The van der Waals surface area contributed by atoms with Crippen molar-refractivity contribution in [2.75, 3.05) is 6.54 Å². The van der Waals surface area contributed by atoms with Gasteiger partial charge in [-0.3, -0.25) is 0 Å². The molecule has 84 valence electrons. The highest BCUT2D eigenvalue weighted by atomic mass is 19.4. The van der Waals surface area contributed by atoms with Crippen molar-refractivity contribution in [3.63, 3.8) is 0 Å². The van der Waals surface area contributed by atoms with Crippen molar-refractivity contribution >= 4 is 0 Å². The third kappa shape index (κ3) is 4.31. The number of hydrogen-bond acceptors (Lipinski definition) is 1. The largest absolute Gasteiger partial charge is 0.389 e. The topological polar surface area (TPSA) is 12.0 Å². The lowest BCUT2D eigenvalue weighted by molar-refractivity contribution is -0.135. The Morgan fingerprint density at radius 1 is 1.36 bits per heavy atom. The molecule has 0 aromatic heterocycles. The van der Waals surface area contributed by atoms with E-state index in [4.69, 9.17) is 0 Å². The van der Waals surface area contributed by atoms with E-state index in [2.05, 4.69) is 12.2 Å². The van der Waals surface area contributed by atoms with E-state index >= 15 is 0 Å². The van der Waals surface area contributed by atoms with Crippen LogP contribution in [0, 0.1) is 5.92 Å². The smallest absolute Gasteiger partial charge is 0.314 e. The Kier molecular flexibility index (Phi) is 4.23. The first-order valence-corrected chi connectivity index (χ1v) is 5.29. The Morgan fingerprint density at radius 2 is 2.00 bits per heavy atom. The molecule has 1 aliphatic carbocycles. The zero-order chi connectivity index (χ0) is 10.6. The fraction of sp³-hybridized carbons (Fsp3) is 1.00. The van der Waals surface area contributed by atoms with Crippen LogP contribution >= 0.6 is 0 Å². The van der Waals surface area contributed by atoms with Crippen LogP contribution in [0.15, 0.2) is 0 Å². The molecule has 0 aliphatic heterocycles. The zero-order valence-corrected chi connectivity index (χ0v) is 8.53. The molecule has 0 aromatic carbocycles. The van der Waals surface area contributed by atoms with E-state index in [1.54, 1.807) is 0 Å². The van der Waals surface area contributed by atoms with Crippen LogP contribution < -0.4 is 5.32 Å². The fourth-order valence-corrected chi connectivity index (χ4v) is 1.73. The van der Waals surface area contributed by atoms with Crippen LogP contribution in [0.4, 0.5) is 13.2 Å². The third-order valence-electron chi connectivity index (χ3n) is 2.96. The average Bonchev–Trinajstić information content (AvgIpc) is 1.92. The molecular formula is C10H18F3N. The maximum absolute atomic E-state index is 11.8. The molecule has 0 amide bonds. The molecule has 1 aliphatic rings. The summed E-state index contributed by atoms with van der Waals surface area (Å²) in [5.41, 5.74) is 0. The highest BCUT2D eigenvalue weighted by Gasteiger charge is 2.27. The van der Waals surface area contributed by atoms with Crippen LogP contribution in [0.1, 0.15) is 39.0 Å². The average molecular weight is 209 g/mol. The molecule has 1 unspecified atom stereocenters. The monoisotopic (exact) mass is 209 g/mol. The van der Waals surface area contributed by atoms with Gasteiger partial charge in [0, 0.05) is 12.5 Å². The number of rotatable bonds is 5. The van der Waals surface area contributed by atoms with Crippen molar-refractivity contribution in [2.45, 2.75) is 51.2 Å². The van der Waals surface area contributed by atoms with Crippen molar-refractivity contribution in [3.8, 4) is 0 Å². The Bertz CT molecular complexity index is 163. The van der Waals surface area contributed by atoms with Gasteiger partial charge in [-0.15, -0.1) is 0 Å². The molecule has 0 bridgehead atoms. The quantitative estimate of drug-likeness (QED) is 0.686. The lowest BCUT2D eigenvalue weighted by Gasteiger charge is -2.32. The van der Waals surface area contributed by atoms with Crippen LogP contribution in [-0.4, -0.2) is 18.8 Å². The minimum absolute atomic E-state index is 0.195. The summed E-state index contributed by atoms with van der Waals surface area (Å²) in [6.07, 6.45) is -0.737. The lowest BCUT2D eigenvalue weighted by atomic mass is 9.80. The van der Waals surface area contributed by atoms with E-state index in [-0.39, 0.29) is 6.42 Å². The molecule has 0 aromatic rings. The summed E-state index contributed by atoms with van der Waals surface area (Å²) in [6.45, 7) is 2.55. The van der Waals surface area contributed by atoms with Crippen LogP contribution in [0.25, 0.3) is 0 Å².